The summed E-state index contributed by atoms with van der Waals surface area (Å²) in [6, 6.07) is 8.94. The molecule has 0 radical (unpaired) electrons. The highest BCUT2D eigenvalue weighted by atomic mass is 16.5. The Kier molecular flexibility index (Phi) is 6.16. The lowest BCUT2D eigenvalue weighted by Crippen LogP contribution is -2.21. The number of hydrogen-bond donors (Lipinski definition) is 2. The van der Waals surface area contributed by atoms with E-state index in [4.69, 9.17) is 10.5 Å². The number of ether oxygens (including phenoxy) is 1. The van der Waals surface area contributed by atoms with Gasteiger partial charge in [0, 0.05) is 12.1 Å². The van der Waals surface area contributed by atoms with Gasteiger partial charge in [-0.05, 0) is 58.4 Å². The summed E-state index contributed by atoms with van der Waals surface area (Å²) in [5, 5.41) is 3.34. The van der Waals surface area contributed by atoms with Gasteiger partial charge in [0.25, 0.3) is 0 Å². The smallest absolute Gasteiger partial charge is 0.119 e. The largest absolute Gasteiger partial charge is 0.491 e. The van der Waals surface area contributed by atoms with Crippen LogP contribution in [0, 0.1) is 0 Å². The topological polar surface area (TPSA) is 47.3 Å². The van der Waals surface area contributed by atoms with Crippen LogP contribution in [0.5, 0.6) is 5.75 Å². The van der Waals surface area contributed by atoms with Crippen molar-refractivity contribution in [2.45, 2.75) is 51.8 Å². The maximum Gasteiger partial charge on any atom is 0.119 e. The Bertz CT molecular complexity index is 333. The quantitative estimate of drug-likeness (QED) is 0.782. The van der Waals surface area contributed by atoms with Crippen LogP contribution in [-0.2, 0) is 0 Å². The third-order valence-electron chi connectivity index (χ3n) is 2.91. The summed E-state index contributed by atoms with van der Waals surface area (Å²) >= 11 is 0. The molecule has 102 valence electrons. The molecule has 18 heavy (non-hydrogen) atoms. The van der Waals surface area contributed by atoms with Crippen LogP contribution in [0.2, 0.25) is 0 Å². The van der Waals surface area contributed by atoms with Gasteiger partial charge in [-0.25, -0.2) is 0 Å². The molecule has 1 aromatic carbocycles. The first-order chi connectivity index (χ1) is 8.52. The predicted octanol–water partition coefficient (Wildman–Crippen LogP) is 2.86. The van der Waals surface area contributed by atoms with Crippen molar-refractivity contribution in [3.63, 3.8) is 0 Å². The van der Waals surface area contributed by atoms with Gasteiger partial charge in [0.2, 0.25) is 0 Å². The van der Waals surface area contributed by atoms with Crippen molar-refractivity contribution in [2.75, 3.05) is 7.05 Å². The molecule has 1 rings (SSSR count). The third-order valence-corrected chi connectivity index (χ3v) is 2.91. The van der Waals surface area contributed by atoms with E-state index in [1.165, 1.54) is 5.56 Å². The Hall–Kier alpha value is -1.06. The van der Waals surface area contributed by atoms with E-state index in [-0.39, 0.29) is 12.1 Å². The van der Waals surface area contributed by atoms with Crippen LogP contribution in [0.3, 0.4) is 0 Å². The molecular formula is C15H26N2O. The van der Waals surface area contributed by atoms with Gasteiger partial charge in [-0.15, -0.1) is 0 Å². The minimum atomic E-state index is 0.217. The van der Waals surface area contributed by atoms with Gasteiger partial charge in [-0.2, -0.15) is 0 Å². The maximum atomic E-state index is 5.80. The van der Waals surface area contributed by atoms with E-state index in [0.717, 1.165) is 18.6 Å². The average molecular weight is 250 g/mol. The molecule has 3 N–H and O–H groups in total. The van der Waals surface area contributed by atoms with E-state index >= 15 is 0 Å². The first-order valence-corrected chi connectivity index (χ1v) is 6.72. The Morgan fingerprint density at radius 2 is 1.72 bits per heavy atom. The van der Waals surface area contributed by atoms with Gasteiger partial charge in [0.1, 0.15) is 5.75 Å². The summed E-state index contributed by atoms with van der Waals surface area (Å²) < 4.78 is 5.64. The lowest BCUT2D eigenvalue weighted by Gasteiger charge is -2.18. The summed E-state index contributed by atoms with van der Waals surface area (Å²) in [7, 11) is 1.99. The van der Waals surface area contributed by atoms with Gasteiger partial charge >= 0.3 is 0 Å². The van der Waals surface area contributed by atoms with E-state index in [1.807, 2.05) is 40.0 Å². The molecule has 0 fully saturated rings. The first-order valence-electron chi connectivity index (χ1n) is 6.72. The summed E-state index contributed by atoms with van der Waals surface area (Å²) in [6.07, 6.45) is 2.29. The highest BCUT2D eigenvalue weighted by Gasteiger charge is 2.10. The van der Waals surface area contributed by atoms with Crippen molar-refractivity contribution in [2.24, 2.45) is 5.73 Å². The van der Waals surface area contributed by atoms with Crippen molar-refractivity contribution in [3.8, 4) is 5.75 Å². The van der Waals surface area contributed by atoms with Gasteiger partial charge < -0.3 is 15.8 Å². The Labute approximate surface area is 111 Å². The van der Waals surface area contributed by atoms with E-state index in [2.05, 4.69) is 17.4 Å². The molecule has 2 unspecified atom stereocenters. The Morgan fingerprint density at radius 3 is 2.17 bits per heavy atom. The molecule has 0 amide bonds. The summed E-state index contributed by atoms with van der Waals surface area (Å²) in [4.78, 5) is 0. The van der Waals surface area contributed by atoms with Crippen molar-refractivity contribution >= 4 is 0 Å². The minimum absolute atomic E-state index is 0.217. The Balaban J connectivity index is 2.63. The number of rotatable bonds is 7. The molecule has 0 saturated carbocycles. The zero-order valence-electron chi connectivity index (χ0n) is 11.9. The molecule has 2 atom stereocenters. The Morgan fingerprint density at radius 1 is 1.11 bits per heavy atom. The van der Waals surface area contributed by atoms with E-state index < -0.39 is 0 Å². The standard InChI is InChI=1S/C15H26N2O/c1-11(2)18-14-8-6-13(7-9-14)15(17-4)10-5-12(3)16/h6-9,11-12,15,17H,5,10,16H2,1-4H3. The van der Waals surface area contributed by atoms with Crippen LogP contribution in [0.4, 0.5) is 0 Å². The lowest BCUT2D eigenvalue weighted by atomic mass is 10.00. The molecule has 1 aromatic rings. The number of hydrogen-bond acceptors (Lipinski definition) is 3. The van der Waals surface area contributed by atoms with Crippen LogP contribution in [0.15, 0.2) is 24.3 Å². The van der Waals surface area contributed by atoms with E-state index in [1.54, 1.807) is 0 Å². The van der Waals surface area contributed by atoms with Crippen molar-refractivity contribution in [1.29, 1.82) is 0 Å². The zero-order chi connectivity index (χ0) is 13.5. The molecular weight excluding hydrogens is 224 g/mol. The molecule has 0 aromatic heterocycles. The van der Waals surface area contributed by atoms with Gasteiger partial charge in [0.15, 0.2) is 0 Å². The monoisotopic (exact) mass is 250 g/mol. The fourth-order valence-electron chi connectivity index (χ4n) is 1.96. The van der Waals surface area contributed by atoms with Crippen molar-refractivity contribution in [1.82, 2.24) is 5.32 Å². The lowest BCUT2D eigenvalue weighted by molar-refractivity contribution is 0.242. The number of nitrogens with two attached hydrogens (primary N) is 1. The van der Waals surface area contributed by atoms with Crippen LogP contribution in [0.25, 0.3) is 0 Å². The normalized spacial score (nSPS) is 14.6. The zero-order valence-corrected chi connectivity index (χ0v) is 11.9. The molecule has 0 spiro atoms. The second kappa shape index (κ2) is 7.39. The first kappa shape index (κ1) is 15.0. The van der Waals surface area contributed by atoms with Gasteiger partial charge in [0.05, 0.1) is 6.10 Å². The van der Waals surface area contributed by atoms with Crippen LogP contribution < -0.4 is 15.8 Å². The molecule has 0 aliphatic carbocycles. The SMILES string of the molecule is CNC(CCC(C)N)c1ccc(OC(C)C)cc1. The maximum absolute atomic E-state index is 5.80. The second-order valence-electron chi connectivity index (χ2n) is 5.13. The van der Waals surface area contributed by atoms with E-state index in [9.17, 15) is 0 Å². The predicted molar refractivity (Wildman–Crippen MR) is 76.9 cm³/mol. The summed E-state index contributed by atoms with van der Waals surface area (Å²) in [6.45, 7) is 6.12. The minimum Gasteiger partial charge on any atom is -0.491 e. The molecule has 0 heterocycles. The highest BCUT2D eigenvalue weighted by molar-refractivity contribution is 5.29. The van der Waals surface area contributed by atoms with Gasteiger partial charge in [-0.1, -0.05) is 12.1 Å². The molecule has 0 aliphatic heterocycles. The third kappa shape index (κ3) is 5.07. The van der Waals surface area contributed by atoms with Crippen LogP contribution in [-0.4, -0.2) is 19.2 Å². The van der Waals surface area contributed by atoms with Crippen molar-refractivity contribution < 1.29 is 4.74 Å². The fraction of sp³-hybridized carbons (Fsp3) is 0.600. The number of benzene rings is 1. The molecule has 0 aliphatic rings. The van der Waals surface area contributed by atoms with Crippen molar-refractivity contribution in [3.05, 3.63) is 29.8 Å². The fourth-order valence-corrected chi connectivity index (χ4v) is 1.96. The summed E-state index contributed by atoms with van der Waals surface area (Å²) in [5.74, 6) is 0.927. The average Bonchev–Trinajstić information content (AvgIpc) is 2.31. The van der Waals surface area contributed by atoms with Crippen LogP contribution in [0.1, 0.15) is 45.2 Å². The molecule has 3 heteroatoms. The number of nitrogens with one attached hydrogen (secondary N) is 1. The molecule has 3 nitrogen and oxygen atoms in total. The van der Waals surface area contributed by atoms with E-state index in [0.29, 0.717) is 6.04 Å². The second-order valence-corrected chi connectivity index (χ2v) is 5.13. The highest BCUT2D eigenvalue weighted by Crippen LogP contribution is 2.22. The van der Waals surface area contributed by atoms with Gasteiger partial charge in [-0.3, -0.25) is 0 Å². The molecule has 0 saturated heterocycles. The summed E-state index contributed by atoms with van der Waals surface area (Å²) in [5.41, 5.74) is 7.09. The molecule has 0 bridgehead atoms. The van der Waals surface area contributed by atoms with Crippen LogP contribution >= 0.6 is 0 Å².